The number of carbonyl (C=O) groups excluding carboxylic acids is 2. The van der Waals surface area contributed by atoms with Crippen LogP contribution in [-0.4, -0.2) is 36.6 Å². The first-order valence-corrected chi connectivity index (χ1v) is 14.3. The van der Waals surface area contributed by atoms with E-state index in [9.17, 15) is 22.8 Å². The van der Waals surface area contributed by atoms with Crippen LogP contribution in [0.25, 0.3) is 21.9 Å². The zero-order valence-corrected chi connectivity index (χ0v) is 23.8. The van der Waals surface area contributed by atoms with E-state index >= 15 is 0 Å². The van der Waals surface area contributed by atoms with Crippen LogP contribution in [0.15, 0.2) is 93.1 Å². The molecule has 2 aromatic heterocycles. The van der Waals surface area contributed by atoms with E-state index in [2.05, 4.69) is 15.2 Å². The van der Waals surface area contributed by atoms with Gasteiger partial charge >= 0.3 is 5.97 Å². The Hall–Kier alpha value is -4.94. The Morgan fingerprint density at radius 1 is 1.00 bits per heavy atom. The number of aromatic nitrogens is 2. The molecule has 42 heavy (non-hydrogen) atoms. The Morgan fingerprint density at radius 2 is 1.67 bits per heavy atom. The zero-order valence-electron chi connectivity index (χ0n) is 22.3. The number of amides is 1. The largest absolute Gasteiger partial charge is 0.451 e. The minimum atomic E-state index is -3.94. The van der Waals surface area contributed by atoms with Gasteiger partial charge in [0, 0.05) is 34.8 Å². The number of esters is 1. The molecule has 0 aliphatic carbocycles. The number of nitrogens with one attached hydrogen (secondary N) is 2. The second-order valence-corrected chi connectivity index (χ2v) is 11.3. The molecule has 0 aliphatic heterocycles. The molecule has 0 fully saturated rings. The molecule has 2 N–H and O–H groups in total. The van der Waals surface area contributed by atoms with Gasteiger partial charge in [0.05, 0.1) is 4.90 Å². The predicted molar refractivity (Wildman–Crippen MR) is 157 cm³/mol. The lowest BCUT2D eigenvalue weighted by atomic mass is 9.97. The maximum Gasteiger partial charge on any atom is 0.356 e. The standard InChI is InChI=1S/C29H23ClN4O7S/c1-17-15-24(32-41-17)33-42(38,39)21-13-11-20(12-14-21)31-25(35)16-40-29(37)27-26(18-7-9-19(30)10-8-18)22-5-3-4-6-23(22)28(36)34(27)2/h3-15H,16H2,1-2H3,(H,31,35)(H,32,33). The fraction of sp³-hybridized carbons (Fsp3) is 0.103. The number of halogens is 1. The van der Waals surface area contributed by atoms with Gasteiger partial charge in [0.25, 0.3) is 21.5 Å². The van der Waals surface area contributed by atoms with Crippen LogP contribution in [0.5, 0.6) is 0 Å². The number of sulfonamides is 1. The van der Waals surface area contributed by atoms with Crippen molar-refractivity contribution in [1.29, 1.82) is 0 Å². The third-order valence-corrected chi connectivity index (χ3v) is 7.90. The van der Waals surface area contributed by atoms with Gasteiger partial charge in [0.1, 0.15) is 11.5 Å². The van der Waals surface area contributed by atoms with E-state index in [4.69, 9.17) is 20.9 Å². The van der Waals surface area contributed by atoms with Gasteiger partial charge in [-0.25, -0.2) is 13.2 Å². The number of anilines is 2. The number of hydrogen-bond donors (Lipinski definition) is 2. The van der Waals surface area contributed by atoms with Crippen molar-refractivity contribution in [3.05, 3.63) is 106 Å². The summed E-state index contributed by atoms with van der Waals surface area (Å²) in [4.78, 5) is 38.9. The molecular formula is C29H23ClN4O7S. The van der Waals surface area contributed by atoms with Crippen LogP contribution in [0.4, 0.5) is 11.5 Å². The topological polar surface area (TPSA) is 150 Å². The maximum absolute atomic E-state index is 13.3. The molecular weight excluding hydrogens is 584 g/mol. The van der Waals surface area contributed by atoms with Crippen molar-refractivity contribution >= 4 is 55.8 Å². The lowest BCUT2D eigenvalue weighted by Crippen LogP contribution is -2.28. The summed E-state index contributed by atoms with van der Waals surface area (Å²) in [7, 11) is -2.48. The normalized spacial score (nSPS) is 11.3. The van der Waals surface area contributed by atoms with Gasteiger partial charge in [-0.05, 0) is 60.3 Å². The highest BCUT2D eigenvalue weighted by Gasteiger charge is 2.24. The summed E-state index contributed by atoms with van der Waals surface area (Å²) >= 11 is 6.06. The second kappa shape index (κ2) is 11.5. The number of ether oxygens (including phenoxy) is 1. The van der Waals surface area contributed by atoms with Crippen molar-refractivity contribution in [2.75, 3.05) is 16.6 Å². The van der Waals surface area contributed by atoms with E-state index in [1.54, 1.807) is 55.5 Å². The summed E-state index contributed by atoms with van der Waals surface area (Å²) in [5.41, 5.74) is 0.931. The highest BCUT2D eigenvalue weighted by Crippen LogP contribution is 2.32. The SMILES string of the molecule is Cc1cc(NS(=O)(=O)c2ccc(NC(=O)COC(=O)c3c(-c4ccc(Cl)cc4)c4ccccc4c(=O)n3C)cc2)no1. The fourth-order valence-corrected chi connectivity index (χ4v) is 5.45. The van der Waals surface area contributed by atoms with Gasteiger partial charge in [0.15, 0.2) is 12.4 Å². The molecule has 5 aromatic rings. The highest BCUT2D eigenvalue weighted by atomic mass is 35.5. The van der Waals surface area contributed by atoms with Crippen molar-refractivity contribution in [3.63, 3.8) is 0 Å². The molecule has 0 saturated heterocycles. The first kappa shape index (κ1) is 28.6. The van der Waals surface area contributed by atoms with Crippen LogP contribution >= 0.6 is 11.6 Å². The average molecular weight is 607 g/mol. The number of rotatable bonds is 8. The van der Waals surface area contributed by atoms with Gasteiger partial charge in [-0.3, -0.25) is 14.3 Å². The molecule has 0 unspecified atom stereocenters. The number of hydrogen-bond acceptors (Lipinski definition) is 8. The number of pyridine rings is 1. The van der Waals surface area contributed by atoms with E-state index in [0.717, 1.165) is 0 Å². The van der Waals surface area contributed by atoms with Crippen LogP contribution in [-0.2, 0) is 26.6 Å². The minimum Gasteiger partial charge on any atom is -0.451 e. The smallest absolute Gasteiger partial charge is 0.356 e. The van der Waals surface area contributed by atoms with Crippen LogP contribution < -0.4 is 15.6 Å². The summed E-state index contributed by atoms with van der Waals surface area (Å²) in [5.74, 6) is -1.07. The summed E-state index contributed by atoms with van der Waals surface area (Å²) < 4.78 is 38.8. The first-order valence-electron chi connectivity index (χ1n) is 12.4. The average Bonchev–Trinajstić information content (AvgIpc) is 3.38. The summed E-state index contributed by atoms with van der Waals surface area (Å²) in [6.07, 6.45) is 0. The third-order valence-electron chi connectivity index (χ3n) is 6.28. The van der Waals surface area contributed by atoms with Crippen molar-refractivity contribution in [2.24, 2.45) is 7.05 Å². The Kier molecular flexibility index (Phi) is 7.83. The quantitative estimate of drug-likeness (QED) is 0.240. The van der Waals surface area contributed by atoms with Gasteiger partial charge in [-0.15, -0.1) is 0 Å². The number of carbonyl (C=O) groups is 2. The lowest BCUT2D eigenvalue weighted by molar-refractivity contribution is -0.119. The Morgan fingerprint density at radius 3 is 2.31 bits per heavy atom. The Labute approximate surface area is 244 Å². The second-order valence-electron chi connectivity index (χ2n) is 9.22. The van der Waals surface area contributed by atoms with Crippen molar-refractivity contribution in [3.8, 4) is 11.1 Å². The molecule has 5 rings (SSSR count). The van der Waals surface area contributed by atoms with Crippen LogP contribution in [0, 0.1) is 6.92 Å². The van der Waals surface area contributed by atoms with E-state index in [1.807, 2.05) is 0 Å². The molecule has 2 heterocycles. The van der Waals surface area contributed by atoms with Crippen LogP contribution in [0.2, 0.25) is 5.02 Å². The van der Waals surface area contributed by atoms with Gasteiger partial charge < -0.3 is 19.1 Å². The maximum atomic E-state index is 13.3. The minimum absolute atomic E-state index is 0.0295. The van der Waals surface area contributed by atoms with Crippen molar-refractivity contribution in [2.45, 2.75) is 11.8 Å². The molecule has 214 valence electrons. The van der Waals surface area contributed by atoms with Gasteiger partial charge in [-0.2, -0.15) is 0 Å². The summed E-state index contributed by atoms with van der Waals surface area (Å²) in [6.45, 7) is 0.966. The Balaban J connectivity index is 1.32. The monoisotopic (exact) mass is 606 g/mol. The van der Waals surface area contributed by atoms with Crippen LogP contribution in [0.3, 0.4) is 0 Å². The molecule has 0 saturated carbocycles. The molecule has 0 spiro atoms. The molecule has 3 aromatic carbocycles. The van der Waals surface area contributed by atoms with E-state index in [-0.39, 0.29) is 22.1 Å². The molecule has 0 bridgehead atoms. The van der Waals surface area contributed by atoms with E-state index in [0.29, 0.717) is 32.7 Å². The Bertz CT molecular complexity index is 1980. The molecule has 0 radical (unpaired) electrons. The number of nitrogens with zero attached hydrogens (tertiary/aromatic N) is 2. The summed E-state index contributed by atoms with van der Waals surface area (Å²) in [5, 5.41) is 7.61. The number of benzene rings is 3. The van der Waals surface area contributed by atoms with Crippen molar-refractivity contribution < 1.29 is 27.3 Å². The van der Waals surface area contributed by atoms with Gasteiger partial charge in [0.2, 0.25) is 0 Å². The molecule has 0 aliphatic rings. The van der Waals surface area contributed by atoms with Gasteiger partial charge in [-0.1, -0.05) is 47.1 Å². The first-order chi connectivity index (χ1) is 20.0. The van der Waals surface area contributed by atoms with E-state index in [1.165, 1.54) is 41.9 Å². The lowest BCUT2D eigenvalue weighted by Gasteiger charge is -2.17. The molecule has 1 amide bonds. The molecule has 11 nitrogen and oxygen atoms in total. The fourth-order valence-electron chi connectivity index (χ4n) is 4.34. The summed E-state index contributed by atoms with van der Waals surface area (Å²) in [6, 6.07) is 20.5. The number of aryl methyl sites for hydroxylation is 1. The molecule has 13 heteroatoms. The highest BCUT2D eigenvalue weighted by molar-refractivity contribution is 7.92. The molecule has 0 atom stereocenters. The zero-order chi connectivity index (χ0) is 30.0. The van der Waals surface area contributed by atoms with Crippen molar-refractivity contribution in [1.82, 2.24) is 9.72 Å². The van der Waals surface area contributed by atoms with E-state index < -0.39 is 34.1 Å². The third kappa shape index (κ3) is 5.90. The predicted octanol–water partition coefficient (Wildman–Crippen LogP) is 4.75. The number of fused-ring (bicyclic) bond motifs is 1. The van der Waals surface area contributed by atoms with Crippen LogP contribution in [0.1, 0.15) is 16.2 Å².